The summed E-state index contributed by atoms with van der Waals surface area (Å²) in [5.74, 6) is -0.122. The minimum Gasteiger partial charge on any atom is -0.466 e. The fourth-order valence-electron chi connectivity index (χ4n) is 2.55. The van der Waals surface area contributed by atoms with Crippen LogP contribution in [0.3, 0.4) is 0 Å². The van der Waals surface area contributed by atoms with Gasteiger partial charge in [-0.1, -0.05) is 25.7 Å². The summed E-state index contributed by atoms with van der Waals surface area (Å²) >= 11 is 1.36. The molecule has 0 aromatic carbocycles. The van der Waals surface area contributed by atoms with Crippen molar-refractivity contribution in [3.05, 3.63) is 11.1 Å². The van der Waals surface area contributed by atoms with Crippen molar-refractivity contribution >= 4 is 28.3 Å². The molecule has 1 aromatic rings. The molecule has 0 atom stereocenters. The van der Waals surface area contributed by atoms with Crippen molar-refractivity contribution in [3.8, 4) is 0 Å². The fourth-order valence-corrected chi connectivity index (χ4v) is 3.27. The molecule has 1 amide bonds. The molecule has 1 N–H and O–H groups in total. The van der Waals surface area contributed by atoms with E-state index in [4.69, 9.17) is 4.74 Å². The van der Waals surface area contributed by atoms with Crippen LogP contribution < -0.4 is 5.32 Å². The lowest BCUT2D eigenvalue weighted by atomic mass is 10.00. The van der Waals surface area contributed by atoms with Gasteiger partial charge in [-0.05, 0) is 19.8 Å². The summed E-state index contributed by atoms with van der Waals surface area (Å²) in [4.78, 5) is 27.9. The number of hydrogen-bond acceptors (Lipinski definition) is 5. The molecule has 0 unspecified atom stereocenters. The van der Waals surface area contributed by atoms with Crippen molar-refractivity contribution in [3.63, 3.8) is 0 Å². The van der Waals surface area contributed by atoms with E-state index in [1.54, 1.807) is 12.3 Å². The maximum absolute atomic E-state index is 12.2. The zero-order valence-electron chi connectivity index (χ0n) is 12.4. The Balaban J connectivity index is 1.86. The normalized spacial score (nSPS) is 16.2. The van der Waals surface area contributed by atoms with Crippen LogP contribution in [0.4, 0.5) is 5.13 Å². The first-order valence-electron chi connectivity index (χ1n) is 7.60. The van der Waals surface area contributed by atoms with Gasteiger partial charge in [0.1, 0.15) is 0 Å². The number of esters is 1. The second-order valence-corrected chi connectivity index (χ2v) is 6.16. The van der Waals surface area contributed by atoms with E-state index >= 15 is 0 Å². The van der Waals surface area contributed by atoms with Gasteiger partial charge in [0.2, 0.25) is 5.91 Å². The first-order valence-corrected chi connectivity index (χ1v) is 8.48. The van der Waals surface area contributed by atoms with Gasteiger partial charge in [0.05, 0.1) is 18.7 Å². The van der Waals surface area contributed by atoms with E-state index in [0.29, 0.717) is 17.4 Å². The van der Waals surface area contributed by atoms with Crippen LogP contribution in [0, 0.1) is 5.92 Å². The number of hydrogen-bond donors (Lipinski definition) is 1. The van der Waals surface area contributed by atoms with E-state index < -0.39 is 0 Å². The molecule has 1 heterocycles. The third kappa shape index (κ3) is 5.12. The molecule has 1 aliphatic carbocycles. The van der Waals surface area contributed by atoms with Crippen molar-refractivity contribution in [2.75, 3.05) is 11.9 Å². The third-order valence-corrected chi connectivity index (χ3v) is 4.45. The summed E-state index contributed by atoms with van der Waals surface area (Å²) in [5, 5.41) is 5.25. The van der Waals surface area contributed by atoms with Crippen LogP contribution in [0.25, 0.3) is 0 Å². The molecule has 1 saturated carbocycles. The lowest BCUT2D eigenvalue weighted by Gasteiger charge is -2.12. The van der Waals surface area contributed by atoms with Crippen molar-refractivity contribution < 1.29 is 14.3 Å². The monoisotopic (exact) mass is 310 g/mol. The molecule has 0 radical (unpaired) electrons. The van der Waals surface area contributed by atoms with Crippen LogP contribution in [0.2, 0.25) is 0 Å². The molecule has 0 bridgehead atoms. The smallest absolute Gasteiger partial charge is 0.311 e. The van der Waals surface area contributed by atoms with Gasteiger partial charge in [0.25, 0.3) is 0 Å². The van der Waals surface area contributed by atoms with Gasteiger partial charge < -0.3 is 10.1 Å². The van der Waals surface area contributed by atoms with Gasteiger partial charge in [0, 0.05) is 11.3 Å². The first-order chi connectivity index (χ1) is 10.2. The highest BCUT2D eigenvalue weighted by Gasteiger charge is 2.21. The molecule has 0 saturated heterocycles. The number of carbonyl (C=O) groups excluding carboxylic acids is 2. The topological polar surface area (TPSA) is 68.3 Å². The van der Waals surface area contributed by atoms with Gasteiger partial charge in [-0.15, -0.1) is 11.3 Å². The van der Waals surface area contributed by atoms with Crippen LogP contribution in [0.15, 0.2) is 5.38 Å². The van der Waals surface area contributed by atoms with Crippen LogP contribution >= 0.6 is 11.3 Å². The molecule has 2 rings (SSSR count). The number of amides is 1. The number of anilines is 1. The van der Waals surface area contributed by atoms with Crippen LogP contribution in [0.5, 0.6) is 0 Å². The Labute approximate surface area is 129 Å². The highest BCUT2D eigenvalue weighted by molar-refractivity contribution is 7.13. The van der Waals surface area contributed by atoms with Crippen LogP contribution in [0.1, 0.15) is 51.1 Å². The number of rotatable bonds is 5. The Hall–Kier alpha value is -1.43. The number of nitrogens with zero attached hydrogens (tertiary/aromatic N) is 1. The Morgan fingerprint density at radius 2 is 2.05 bits per heavy atom. The molecule has 0 spiro atoms. The summed E-state index contributed by atoms with van der Waals surface area (Å²) in [7, 11) is 0. The highest BCUT2D eigenvalue weighted by Crippen LogP contribution is 2.25. The number of thiazole rings is 1. The van der Waals surface area contributed by atoms with Crippen molar-refractivity contribution in [2.45, 2.75) is 51.9 Å². The zero-order chi connectivity index (χ0) is 15.1. The van der Waals surface area contributed by atoms with E-state index in [2.05, 4.69) is 10.3 Å². The quantitative estimate of drug-likeness (QED) is 0.670. The maximum atomic E-state index is 12.2. The van der Waals surface area contributed by atoms with E-state index in [1.165, 1.54) is 24.2 Å². The summed E-state index contributed by atoms with van der Waals surface area (Å²) in [6.07, 6.45) is 6.80. The number of carbonyl (C=O) groups is 2. The van der Waals surface area contributed by atoms with Gasteiger partial charge in [0.15, 0.2) is 5.13 Å². The fraction of sp³-hybridized carbons (Fsp3) is 0.667. The maximum Gasteiger partial charge on any atom is 0.311 e. The molecule has 21 heavy (non-hydrogen) atoms. The predicted octanol–water partition coefficient (Wildman–Crippen LogP) is 3.16. The van der Waals surface area contributed by atoms with Crippen LogP contribution in [-0.2, 0) is 20.7 Å². The lowest BCUT2D eigenvalue weighted by molar-refractivity contribution is -0.142. The van der Waals surface area contributed by atoms with Gasteiger partial charge in [-0.25, -0.2) is 4.98 Å². The molecule has 0 aliphatic heterocycles. The number of nitrogens with one attached hydrogen (secondary N) is 1. The van der Waals surface area contributed by atoms with Crippen LogP contribution in [-0.4, -0.2) is 23.5 Å². The molecule has 1 aliphatic rings. The largest absolute Gasteiger partial charge is 0.466 e. The number of aromatic nitrogens is 1. The minimum atomic E-state index is -0.288. The Morgan fingerprint density at radius 3 is 2.71 bits per heavy atom. The second-order valence-electron chi connectivity index (χ2n) is 5.30. The Morgan fingerprint density at radius 1 is 1.33 bits per heavy atom. The van der Waals surface area contributed by atoms with Crippen molar-refractivity contribution in [1.29, 1.82) is 0 Å². The number of ether oxygens (including phenoxy) is 1. The van der Waals surface area contributed by atoms with Gasteiger partial charge in [-0.3, -0.25) is 9.59 Å². The molecule has 1 fully saturated rings. The molecule has 5 nitrogen and oxygen atoms in total. The van der Waals surface area contributed by atoms with Crippen molar-refractivity contribution in [1.82, 2.24) is 4.98 Å². The van der Waals surface area contributed by atoms with Gasteiger partial charge in [-0.2, -0.15) is 0 Å². The Bertz CT molecular complexity index is 479. The van der Waals surface area contributed by atoms with Gasteiger partial charge >= 0.3 is 5.97 Å². The van der Waals surface area contributed by atoms with E-state index in [-0.39, 0.29) is 24.2 Å². The standard InChI is InChI=1S/C15H22N2O3S/c1-2-20-13(18)9-12-10-21-15(16-12)17-14(19)11-7-5-3-4-6-8-11/h10-11H,2-9H2,1H3,(H,16,17,19). The predicted molar refractivity (Wildman–Crippen MR) is 82.3 cm³/mol. The second kappa shape index (κ2) is 8.12. The minimum absolute atomic E-state index is 0.0638. The zero-order valence-corrected chi connectivity index (χ0v) is 13.2. The summed E-state index contributed by atoms with van der Waals surface area (Å²) in [5.41, 5.74) is 0.648. The third-order valence-electron chi connectivity index (χ3n) is 3.64. The molecular weight excluding hydrogens is 288 g/mol. The highest BCUT2D eigenvalue weighted by atomic mass is 32.1. The average Bonchev–Trinajstić information content (AvgIpc) is 2.73. The van der Waals surface area contributed by atoms with E-state index in [9.17, 15) is 9.59 Å². The molecule has 6 heteroatoms. The Kier molecular flexibility index (Phi) is 6.17. The summed E-state index contributed by atoms with van der Waals surface area (Å²) in [6, 6.07) is 0. The molecule has 116 valence electrons. The SMILES string of the molecule is CCOC(=O)Cc1csc(NC(=O)C2CCCCCC2)n1. The first kappa shape index (κ1) is 15.9. The molecule has 1 aromatic heterocycles. The molecular formula is C15H22N2O3S. The van der Waals surface area contributed by atoms with E-state index in [0.717, 1.165) is 25.7 Å². The lowest BCUT2D eigenvalue weighted by Crippen LogP contribution is -2.22. The average molecular weight is 310 g/mol. The van der Waals surface area contributed by atoms with Crippen molar-refractivity contribution in [2.24, 2.45) is 5.92 Å². The van der Waals surface area contributed by atoms with E-state index in [1.807, 2.05) is 0 Å². The summed E-state index contributed by atoms with van der Waals surface area (Å²) in [6.45, 7) is 2.14. The summed E-state index contributed by atoms with van der Waals surface area (Å²) < 4.78 is 4.88.